The summed E-state index contributed by atoms with van der Waals surface area (Å²) in [4.78, 5) is 0. The largest absolute Gasteiger partial charge is 0.321 e. The highest BCUT2D eigenvalue weighted by Crippen LogP contribution is 2.30. The second-order valence-corrected chi connectivity index (χ2v) is 5.95. The van der Waals surface area contributed by atoms with Crippen LogP contribution in [0.5, 0.6) is 0 Å². The van der Waals surface area contributed by atoms with E-state index >= 15 is 0 Å². The number of nitrogens with zero attached hydrogens (tertiary/aromatic N) is 2. The number of aromatic nitrogens is 2. The summed E-state index contributed by atoms with van der Waals surface area (Å²) in [5, 5.41) is 5.19. The van der Waals surface area contributed by atoms with Crippen LogP contribution >= 0.6 is 11.6 Å². The minimum atomic E-state index is -0.464. The van der Waals surface area contributed by atoms with Crippen molar-refractivity contribution in [2.75, 3.05) is 0 Å². The van der Waals surface area contributed by atoms with Gasteiger partial charge in [0.05, 0.1) is 16.4 Å². The minimum Gasteiger partial charge on any atom is -0.321 e. The van der Waals surface area contributed by atoms with Gasteiger partial charge in [-0.1, -0.05) is 35.9 Å². The average molecular weight is 292 g/mol. The Balaban J connectivity index is 2.41. The first-order valence-corrected chi connectivity index (χ1v) is 7.31. The van der Waals surface area contributed by atoms with Gasteiger partial charge in [0.2, 0.25) is 0 Å². The first-order chi connectivity index (χ1) is 9.36. The smallest absolute Gasteiger partial charge is 0.0847 e. The number of hydrogen-bond acceptors (Lipinski definition) is 2. The summed E-state index contributed by atoms with van der Waals surface area (Å²) >= 11 is 6.39. The van der Waals surface area contributed by atoms with E-state index in [1.54, 1.807) is 0 Å². The van der Waals surface area contributed by atoms with E-state index < -0.39 is 5.54 Å². The van der Waals surface area contributed by atoms with E-state index in [0.29, 0.717) is 6.42 Å². The quantitative estimate of drug-likeness (QED) is 0.935. The van der Waals surface area contributed by atoms with Crippen LogP contribution in [-0.2, 0) is 18.5 Å². The summed E-state index contributed by atoms with van der Waals surface area (Å²) < 4.78 is 1.95. The second kappa shape index (κ2) is 5.58. The third kappa shape index (κ3) is 2.74. The van der Waals surface area contributed by atoms with E-state index in [4.69, 9.17) is 17.3 Å². The molecule has 20 heavy (non-hydrogen) atoms. The molecular formula is C16H22ClN3. The first-order valence-electron chi connectivity index (χ1n) is 6.93. The highest BCUT2D eigenvalue weighted by molar-refractivity contribution is 6.31. The Morgan fingerprint density at radius 3 is 2.55 bits per heavy atom. The van der Waals surface area contributed by atoms with Gasteiger partial charge < -0.3 is 5.73 Å². The molecule has 0 aliphatic rings. The normalized spacial score (nSPS) is 14.3. The Morgan fingerprint density at radius 1 is 1.30 bits per heavy atom. The predicted octanol–water partition coefficient (Wildman–Crippen LogP) is 3.59. The fraction of sp³-hybridized carbons (Fsp3) is 0.438. The molecule has 2 aromatic rings. The highest BCUT2D eigenvalue weighted by atomic mass is 35.5. The van der Waals surface area contributed by atoms with Crippen molar-refractivity contribution in [1.29, 1.82) is 0 Å². The van der Waals surface area contributed by atoms with Crippen molar-refractivity contribution in [1.82, 2.24) is 9.78 Å². The molecule has 0 spiro atoms. The summed E-state index contributed by atoms with van der Waals surface area (Å²) in [6.07, 6.45) is 0.672. The number of halogens is 1. The Labute approximate surface area is 125 Å². The van der Waals surface area contributed by atoms with Crippen LogP contribution in [0.25, 0.3) is 0 Å². The van der Waals surface area contributed by atoms with Crippen LogP contribution in [0, 0.1) is 13.8 Å². The lowest BCUT2D eigenvalue weighted by Gasteiger charge is -2.27. The standard InChI is InChI=1S/C16H22ClN3/c1-5-20-14(15(17)12(3)19-20)10-16(4,18)13-9-7-6-8-11(13)2/h6-9H,5,10,18H2,1-4H3. The van der Waals surface area contributed by atoms with Crippen molar-refractivity contribution in [3.8, 4) is 0 Å². The molecule has 1 atom stereocenters. The number of aryl methyl sites for hydroxylation is 3. The number of benzene rings is 1. The molecule has 108 valence electrons. The summed E-state index contributed by atoms with van der Waals surface area (Å²) in [6, 6.07) is 8.23. The molecule has 2 rings (SSSR count). The van der Waals surface area contributed by atoms with Gasteiger partial charge >= 0.3 is 0 Å². The van der Waals surface area contributed by atoms with Crippen LogP contribution < -0.4 is 5.73 Å². The molecule has 0 fully saturated rings. The van der Waals surface area contributed by atoms with Crippen LogP contribution in [0.1, 0.15) is 36.4 Å². The average Bonchev–Trinajstić information content (AvgIpc) is 2.66. The van der Waals surface area contributed by atoms with Crippen LogP contribution in [0.15, 0.2) is 24.3 Å². The first kappa shape index (κ1) is 15.1. The monoisotopic (exact) mass is 291 g/mol. The number of hydrogen-bond donors (Lipinski definition) is 1. The summed E-state index contributed by atoms with van der Waals surface area (Å²) in [5.41, 5.74) is 10.3. The fourth-order valence-corrected chi connectivity index (χ4v) is 2.90. The van der Waals surface area contributed by atoms with Gasteiger partial charge in [0, 0.05) is 18.5 Å². The Kier molecular flexibility index (Phi) is 4.21. The zero-order valence-corrected chi connectivity index (χ0v) is 13.3. The van der Waals surface area contributed by atoms with Crippen molar-refractivity contribution in [2.45, 2.75) is 46.2 Å². The van der Waals surface area contributed by atoms with Crippen molar-refractivity contribution in [3.05, 3.63) is 51.8 Å². The molecule has 1 heterocycles. The highest BCUT2D eigenvalue weighted by Gasteiger charge is 2.27. The van der Waals surface area contributed by atoms with Crippen molar-refractivity contribution >= 4 is 11.6 Å². The molecule has 2 N–H and O–H groups in total. The molecule has 1 aromatic carbocycles. The Hall–Kier alpha value is -1.32. The Bertz CT molecular complexity index is 614. The molecule has 0 bridgehead atoms. The van der Waals surface area contributed by atoms with Crippen LogP contribution in [-0.4, -0.2) is 9.78 Å². The Morgan fingerprint density at radius 2 is 1.95 bits per heavy atom. The van der Waals surface area contributed by atoms with Crippen LogP contribution in [0.3, 0.4) is 0 Å². The molecule has 0 amide bonds. The molecular weight excluding hydrogens is 270 g/mol. The van der Waals surface area contributed by atoms with Gasteiger partial charge in [-0.15, -0.1) is 0 Å². The summed E-state index contributed by atoms with van der Waals surface area (Å²) in [5.74, 6) is 0. The van der Waals surface area contributed by atoms with E-state index in [9.17, 15) is 0 Å². The minimum absolute atomic E-state index is 0.464. The maximum atomic E-state index is 6.57. The predicted molar refractivity (Wildman–Crippen MR) is 84.1 cm³/mol. The van der Waals surface area contributed by atoms with Crippen molar-refractivity contribution in [3.63, 3.8) is 0 Å². The lowest BCUT2D eigenvalue weighted by Crippen LogP contribution is -2.37. The zero-order chi connectivity index (χ0) is 14.9. The van der Waals surface area contributed by atoms with Gasteiger partial charge in [-0.25, -0.2) is 0 Å². The molecule has 3 nitrogen and oxygen atoms in total. The van der Waals surface area contributed by atoms with E-state index in [2.05, 4.69) is 31.1 Å². The van der Waals surface area contributed by atoms with E-state index in [-0.39, 0.29) is 0 Å². The van der Waals surface area contributed by atoms with Crippen molar-refractivity contribution < 1.29 is 0 Å². The van der Waals surface area contributed by atoms with E-state index in [0.717, 1.165) is 28.5 Å². The summed E-state index contributed by atoms with van der Waals surface area (Å²) in [6.45, 7) is 8.93. The van der Waals surface area contributed by atoms with Gasteiger partial charge in [0.25, 0.3) is 0 Å². The molecule has 1 unspecified atom stereocenters. The number of nitrogens with two attached hydrogens (primary N) is 1. The molecule has 0 saturated carbocycles. The van der Waals surface area contributed by atoms with Crippen LogP contribution in [0.4, 0.5) is 0 Å². The fourth-order valence-electron chi connectivity index (χ4n) is 2.69. The van der Waals surface area contributed by atoms with Gasteiger partial charge in [-0.3, -0.25) is 4.68 Å². The van der Waals surface area contributed by atoms with Gasteiger partial charge in [0.1, 0.15) is 0 Å². The SMILES string of the molecule is CCn1nc(C)c(Cl)c1CC(C)(N)c1ccccc1C. The summed E-state index contributed by atoms with van der Waals surface area (Å²) in [7, 11) is 0. The number of rotatable bonds is 4. The molecule has 0 aliphatic carbocycles. The van der Waals surface area contributed by atoms with Gasteiger partial charge in [-0.2, -0.15) is 5.10 Å². The molecule has 4 heteroatoms. The second-order valence-electron chi connectivity index (χ2n) is 5.57. The molecule has 0 radical (unpaired) electrons. The third-order valence-corrected chi connectivity index (χ3v) is 4.24. The topological polar surface area (TPSA) is 43.8 Å². The van der Waals surface area contributed by atoms with Gasteiger partial charge in [0.15, 0.2) is 0 Å². The maximum Gasteiger partial charge on any atom is 0.0847 e. The molecule has 0 saturated heterocycles. The van der Waals surface area contributed by atoms with E-state index in [1.165, 1.54) is 5.56 Å². The lowest BCUT2D eigenvalue weighted by atomic mass is 9.85. The maximum absolute atomic E-state index is 6.57. The zero-order valence-electron chi connectivity index (χ0n) is 12.6. The van der Waals surface area contributed by atoms with E-state index in [1.807, 2.05) is 30.7 Å². The molecule has 0 aliphatic heterocycles. The van der Waals surface area contributed by atoms with Crippen molar-refractivity contribution in [2.24, 2.45) is 5.73 Å². The third-order valence-electron chi connectivity index (χ3n) is 3.75. The molecule has 1 aromatic heterocycles. The lowest BCUT2D eigenvalue weighted by molar-refractivity contribution is 0.461. The van der Waals surface area contributed by atoms with Crippen LogP contribution in [0.2, 0.25) is 5.02 Å². The van der Waals surface area contributed by atoms with Gasteiger partial charge in [-0.05, 0) is 38.8 Å².